The van der Waals surface area contributed by atoms with Gasteiger partial charge in [0.1, 0.15) is 10.6 Å². The first-order chi connectivity index (χ1) is 11.3. The van der Waals surface area contributed by atoms with Crippen LogP contribution in [0.25, 0.3) is 0 Å². The van der Waals surface area contributed by atoms with Crippen LogP contribution in [0.2, 0.25) is 0 Å². The van der Waals surface area contributed by atoms with Crippen LogP contribution in [-0.2, 0) is 26.2 Å². The Morgan fingerprint density at radius 3 is 2.16 bits per heavy atom. The van der Waals surface area contributed by atoms with Crippen molar-refractivity contribution in [3.63, 3.8) is 0 Å². The predicted octanol–water partition coefficient (Wildman–Crippen LogP) is 1.54. The summed E-state index contributed by atoms with van der Waals surface area (Å²) in [5, 5.41) is -0.537. The summed E-state index contributed by atoms with van der Waals surface area (Å²) in [4.78, 5) is 5.88. The van der Waals surface area contributed by atoms with Gasteiger partial charge >= 0.3 is 6.18 Å². The molecule has 13 heteroatoms. The summed E-state index contributed by atoms with van der Waals surface area (Å²) in [6, 6.07) is 0.946. The molecule has 1 N–H and O–H groups in total. The van der Waals surface area contributed by atoms with Gasteiger partial charge in [-0.05, 0) is 26.0 Å². The zero-order valence-corrected chi connectivity index (χ0v) is 14.5. The van der Waals surface area contributed by atoms with Crippen LogP contribution in [-0.4, -0.2) is 31.4 Å². The maximum absolute atomic E-state index is 12.4. The predicted molar refractivity (Wildman–Crippen MR) is 79.4 cm³/mol. The standard InChI is InChI=1S/C12H13F3N4O4S2/c1-8(2)19-6-11(17-7-19)25(22,23)18-24(20,21)9-3-4-10(16-5-9)12(13,14)15/h3-8,18H,1-2H3. The van der Waals surface area contributed by atoms with E-state index in [4.69, 9.17) is 0 Å². The van der Waals surface area contributed by atoms with Crippen molar-refractivity contribution in [2.75, 3.05) is 0 Å². The molecule has 0 atom stereocenters. The Balaban J connectivity index is 2.30. The van der Waals surface area contributed by atoms with Crippen LogP contribution in [0.5, 0.6) is 0 Å². The third-order valence-corrected chi connectivity index (χ3v) is 6.38. The van der Waals surface area contributed by atoms with Crippen molar-refractivity contribution >= 4 is 20.0 Å². The van der Waals surface area contributed by atoms with Crippen LogP contribution in [0, 0.1) is 0 Å². The normalized spacial score (nSPS) is 13.4. The lowest BCUT2D eigenvalue weighted by atomic mass is 10.3. The van der Waals surface area contributed by atoms with E-state index < -0.39 is 41.8 Å². The molecule has 0 amide bonds. The van der Waals surface area contributed by atoms with Gasteiger partial charge in [-0.1, -0.05) is 4.13 Å². The molecule has 0 saturated carbocycles. The third-order valence-electron chi connectivity index (χ3n) is 3.01. The van der Waals surface area contributed by atoms with Crippen LogP contribution >= 0.6 is 0 Å². The molecule has 0 spiro atoms. The fourth-order valence-corrected chi connectivity index (χ4v) is 4.45. The Morgan fingerprint density at radius 1 is 1.08 bits per heavy atom. The number of alkyl halides is 3. The first kappa shape index (κ1) is 19.3. The summed E-state index contributed by atoms with van der Waals surface area (Å²) in [6.07, 6.45) is -1.97. The molecular formula is C12H13F3N4O4S2. The fraction of sp³-hybridized carbons (Fsp3) is 0.333. The average Bonchev–Trinajstić information content (AvgIpc) is 2.96. The molecular weight excluding hydrogens is 385 g/mol. The lowest BCUT2D eigenvalue weighted by molar-refractivity contribution is -0.141. The van der Waals surface area contributed by atoms with E-state index in [-0.39, 0.29) is 6.04 Å². The van der Waals surface area contributed by atoms with Crippen molar-refractivity contribution in [2.24, 2.45) is 0 Å². The number of nitrogens with one attached hydrogen (secondary N) is 1. The van der Waals surface area contributed by atoms with Gasteiger partial charge in [0.05, 0.1) is 6.33 Å². The highest BCUT2D eigenvalue weighted by Gasteiger charge is 2.33. The minimum atomic E-state index is -4.74. The molecule has 0 aliphatic rings. The van der Waals surface area contributed by atoms with Crippen LogP contribution < -0.4 is 4.13 Å². The van der Waals surface area contributed by atoms with E-state index in [9.17, 15) is 30.0 Å². The number of pyridine rings is 1. The molecule has 0 bridgehead atoms. The number of sulfonamides is 2. The monoisotopic (exact) mass is 398 g/mol. The van der Waals surface area contributed by atoms with Crippen molar-refractivity contribution in [3.05, 3.63) is 36.5 Å². The molecule has 8 nitrogen and oxygen atoms in total. The number of halogens is 3. The second kappa shape index (κ2) is 6.38. The van der Waals surface area contributed by atoms with Crippen molar-refractivity contribution in [1.82, 2.24) is 18.7 Å². The Bertz CT molecular complexity index is 965. The topological polar surface area (TPSA) is 111 Å². The van der Waals surface area contributed by atoms with Gasteiger partial charge in [0, 0.05) is 18.4 Å². The fourth-order valence-electron chi connectivity index (χ4n) is 1.68. The molecule has 0 unspecified atom stereocenters. The summed E-state index contributed by atoms with van der Waals surface area (Å²) >= 11 is 0. The molecule has 2 aromatic rings. The molecule has 0 aliphatic heterocycles. The zero-order chi connectivity index (χ0) is 19.0. The molecule has 0 aromatic carbocycles. The number of hydrogen-bond acceptors (Lipinski definition) is 6. The van der Waals surface area contributed by atoms with E-state index in [1.807, 2.05) is 0 Å². The first-order valence-corrected chi connectivity index (χ1v) is 9.65. The molecule has 138 valence electrons. The summed E-state index contributed by atoms with van der Waals surface area (Å²) in [5.74, 6) is 0. The SMILES string of the molecule is CC(C)n1cnc(S(=O)(=O)NS(=O)(=O)c2ccc(C(F)(F)F)nc2)c1. The number of hydrogen-bond donors (Lipinski definition) is 1. The van der Waals surface area contributed by atoms with Gasteiger partial charge in [0.15, 0.2) is 5.03 Å². The van der Waals surface area contributed by atoms with Gasteiger partial charge in [-0.2, -0.15) is 13.2 Å². The van der Waals surface area contributed by atoms with Crippen molar-refractivity contribution in [1.29, 1.82) is 0 Å². The van der Waals surface area contributed by atoms with Gasteiger partial charge in [-0.3, -0.25) is 4.98 Å². The number of imidazole rings is 1. The maximum Gasteiger partial charge on any atom is 0.433 e. The molecule has 0 fully saturated rings. The highest BCUT2D eigenvalue weighted by molar-refractivity contribution is 8.04. The molecule has 0 saturated heterocycles. The van der Waals surface area contributed by atoms with Crippen LogP contribution in [0.1, 0.15) is 25.6 Å². The van der Waals surface area contributed by atoms with E-state index in [2.05, 4.69) is 9.97 Å². The van der Waals surface area contributed by atoms with Gasteiger partial charge in [-0.25, -0.2) is 21.8 Å². The molecule has 2 aromatic heterocycles. The van der Waals surface area contributed by atoms with Crippen molar-refractivity contribution in [3.8, 4) is 0 Å². The van der Waals surface area contributed by atoms with E-state index in [1.54, 1.807) is 13.8 Å². The van der Waals surface area contributed by atoms with Crippen molar-refractivity contribution < 1.29 is 30.0 Å². The number of aromatic nitrogens is 3. The summed E-state index contributed by atoms with van der Waals surface area (Å²) < 4.78 is 88.6. The highest BCUT2D eigenvalue weighted by Crippen LogP contribution is 2.27. The number of nitrogens with zero attached hydrogens (tertiary/aromatic N) is 3. The van der Waals surface area contributed by atoms with E-state index in [0.717, 1.165) is 6.20 Å². The minimum absolute atomic E-state index is 0.104. The molecule has 2 heterocycles. The van der Waals surface area contributed by atoms with Gasteiger partial charge in [0.25, 0.3) is 20.0 Å². The minimum Gasteiger partial charge on any atom is -0.334 e. The zero-order valence-electron chi connectivity index (χ0n) is 12.9. The van der Waals surface area contributed by atoms with Gasteiger partial charge in [-0.15, -0.1) is 0 Å². The third kappa shape index (κ3) is 4.35. The molecule has 2 rings (SSSR count). The van der Waals surface area contributed by atoms with Gasteiger partial charge < -0.3 is 4.57 Å². The largest absolute Gasteiger partial charge is 0.433 e. The van der Waals surface area contributed by atoms with E-state index in [0.29, 0.717) is 18.3 Å². The van der Waals surface area contributed by atoms with E-state index >= 15 is 0 Å². The van der Waals surface area contributed by atoms with Crippen LogP contribution in [0.15, 0.2) is 40.8 Å². The highest BCUT2D eigenvalue weighted by atomic mass is 32.3. The summed E-state index contributed by atoms with van der Waals surface area (Å²) in [6.45, 7) is 3.52. The first-order valence-electron chi connectivity index (χ1n) is 6.68. The molecule has 25 heavy (non-hydrogen) atoms. The Morgan fingerprint density at radius 2 is 1.72 bits per heavy atom. The maximum atomic E-state index is 12.4. The van der Waals surface area contributed by atoms with Gasteiger partial charge in [0.2, 0.25) is 0 Å². The second-order valence-corrected chi connectivity index (χ2v) is 8.79. The van der Waals surface area contributed by atoms with Crippen LogP contribution in [0.4, 0.5) is 13.2 Å². The van der Waals surface area contributed by atoms with Crippen LogP contribution in [0.3, 0.4) is 0 Å². The second-order valence-electron chi connectivity index (χ2n) is 5.22. The molecule has 0 radical (unpaired) electrons. The number of rotatable bonds is 5. The summed E-state index contributed by atoms with van der Waals surface area (Å²) in [7, 11) is -9.19. The summed E-state index contributed by atoms with van der Waals surface area (Å²) in [5.41, 5.74) is -1.30. The Labute approximate surface area is 141 Å². The van der Waals surface area contributed by atoms with Crippen molar-refractivity contribution in [2.45, 2.75) is 36.0 Å². The quantitative estimate of drug-likeness (QED) is 0.818. The smallest absolute Gasteiger partial charge is 0.334 e. The molecule has 0 aliphatic carbocycles. The Hall–Kier alpha value is -1.99. The Kier molecular flexibility index (Phi) is 4.94. The lowest BCUT2D eigenvalue weighted by Crippen LogP contribution is -2.31. The van der Waals surface area contributed by atoms with E-state index in [1.165, 1.54) is 15.0 Å². The lowest BCUT2D eigenvalue weighted by Gasteiger charge is -2.08. The average molecular weight is 398 g/mol.